The first kappa shape index (κ1) is 10.8. The van der Waals surface area contributed by atoms with E-state index in [9.17, 15) is 13.2 Å². The summed E-state index contributed by atoms with van der Waals surface area (Å²) in [5, 5.41) is 0. The quantitative estimate of drug-likeness (QED) is 0.683. The van der Waals surface area contributed by atoms with E-state index in [1.165, 1.54) is 11.9 Å². The summed E-state index contributed by atoms with van der Waals surface area (Å²) in [5.74, 6) is 0.0304. The van der Waals surface area contributed by atoms with Gasteiger partial charge in [-0.25, -0.2) is 0 Å². The van der Waals surface area contributed by atoms with Gasteiger partial charge in [-0.1, -0.05) is 0 Å². The van der Waals surface area contributed by atoms with Gasteiger partial charge in [0, 0.05) is 0 Å². The zero-order chi connectivity index (χ0) is 10.1. The van der Waals surface area contributed by atoms with E-state index < -0.39 is 12.2 Å². The summed E-state index contributed by atoms with van der Waals surface area (Å²) >= 11 is 0. The largest absolute Gasteiger partial charge is 0.404 e. The van der Waals surface area contributed by atoms with Gasteiger partial charge in [0.2, 0.25) is 0 Å². The number of likely N-dealkylation sites (tertiary alicyclic amines) is 1. The van der Waals surface area contributed by atoms with E-state index >= 15 is 0 Å². The average Bonchev–Trinajstić information content (AvgIpc) is 2.03. The molecule has 0 spiro atoms. The molecule has 1 rings (SSSR count). The van der Waals surface area contributed by atoms with Gasteiger partial charge >= 0.3 is 6.18 Å². The molecular formula is C8H15F3N2. The lowest BCUT2D eigenvalue weighted by molar-refractivity contribution is -0.191. The van der Waals surface area contributed by atoms with Crippen molar-refractivity contribution in [1.82, 2.24) is 4.90 Å². The van der Waals surface area contributed by atoms with Crippen LogP contribution in [-0.4, -0.2) is 37.3 Å². The summed E-state index contributed by atoms with van der Waals surface area (Å²) in [6.07, 6.45) is -3.18. The zero-order valence-corrected chi connectivity index (χ0v) is 7.64. The molecule has 2 N–H and O–H groups in total. The molecule has 1 heterocycles. The molecule has 0 saturated carbocycles. The molecule has 0 bridgehead atoms. The number of hydrogen-bond donors (Lipinski definition) is 1. The van der Waals surface area contributed by atoms with Crippen LogP contribution >= 0.6 is 0 Å². The third kappa shape index (κ3) is 2.57. The van der Waals surface area contributed by atoms with Crippen LogP contribution in [0.4, 0.5) is 13.2 Å². The molecule has 13 heavy (non-hydrogen) atoms. The summed E-state index contributed by atoms with van der Waals surface area (Å²) in [7, 11) is 1.52. The molecule has 0 aromatic rings. The lowest BCUT2D eigenvalue weighted by atomic mass is 9.91. The number of piperidine rings is 1. The predicted octanol–water partition coefficient (Wildman–Crippen LogP) is 1.22. The van der Waals surface area contributed by atoms with Crippen molar-refractivity contribution in [2.75, 3.05) is 20.1 Å². The molecule has 78 valence electrons. The van der Waals surface area contributed by atoms with Crippen molar-refractivity contribution in [3.8, 4) is 0 Å². The van der Waals surface area contributed by atoms with Gasteiger partial charge in [-0.15, -0.1) is 0 Å². The second kappa shape index (κ2) is 3.84. The van der Waals surface area contributed by atoms with Crippen LogP contribution in [-0.2, 0) is 0 Å². The summed E-state index contributed by atoms with van der Waals surface area (Å²) in [4.78, 5) is 1.37. The van der Waals surface area contributed by atoms with Gasteiger partial charge in [0.1, 0.15) is 6.04 Å². The van der Waals surface area contributed by atoms with Crippen LogP contribution < -0.4 is 5.73 Å². The minimum absolute atomic E-state index is 0.0304. The first-order valence-corrected chi connectivity index (χ1v) is 4.42. The Labute approximate surface area is 75.9 Å². The van der Waals surface area contributed by atoms with Gasteiger partial charge in [0.05, 0.1) is 0 Å². The Morgan fingerprint density at radius 1 is 1.46 bits per heavy atom. The van der Waals surface area contributed by atoms with Gasteiger partial charge in [-0.3, -0.25) is 4.90 Å². The number of rotatable bonds is 1. The van der Waals surface area contributed by atoms with E-state index in [2.05, 4.69) is 0 Å². The van der Waals surface area contributed by atoms with Gasteiger partial charge in [0.15, 0.2) is 0 Å². The number of halogens is 3. The highest BCUT2D eigenvalue weighted by Crippen LogP contribution is 2.32. The van der Waals surface area contributed by atoms with Gasteiger partial charge < -0.3 is 5.73 Å². The van der Waals surface area contributed by atoms with Gasteiger partial charge in [-0.05, 0) is 38.9 Å². The third-order valence-electron chi connectivity index (χ3n) is 2.69. The fraction of sp³-hybridized carbons (Fsp3) is 1.00. The summed E-state index contributed by atoms with van der Waals surface area (Å²) in [6, 6.07) is -1.30. The normalized spacial score (nSPS) is 32.1. The van der Waals surface area contributed by atoms with Crippen LogP contribution in [0.3, 0.4) is 0 Å². The van der Waals surface area contributed by atoms with Crippen molar-refractivity contribution in [3.63, 3.8) is 0 Å². The molecule has 0 radical (unpaired) electrons. The molecule has 0 aliphatic carbocycles. The van der Waals surface area contributed by atoms with E-state index in [4.69, 9.17) is 5.73 Å². The molecule has 2 nitrogen and oxygen atoms in total. The Morgan fingerprint density at radius 3 is 2.54 bits per heavy atom. The standard InChI is InChI=1S/C8H15F3N2/c1-13-3-2-6(5-12)4-7(13)8(9,10)11/h6-7H,2-5,12H2,1H3. The highest BCUT2D eigenvalue weighted by molar-refractivity contribution is 4.85. The van der Waals surface area contributed by atoms with Crippen molar-refractivity contribution >= 4 is 0 Å². The minimum atomic E-state index is -4.11. The van der Waals surface area contributed by atoms with Crippen molar-refractivity contribution in [1.29, 1.82) is 0 Å². The van der Waals surface area contributed by atoms with Crippen molar-refractivity contribution in [2.24, 2.45) is 11.7 Å². The predicted molar refractivity (Wildman–Crippen MR) is 44.3 cm³/mol. The SMILES string of the molecule is CN1CCC(CN)CC1C(F)(F)F. The Kier molecular flexibility index (Phi) is 3.18. The highest BCUT2D eigenvalue weighted by Gasteiger charge is 2.44. The zero-order valence-electron chi connectivity index (χ0n) is 7.64. The molecular weight excluding hydrogens is 181 g/mol. The molecule has 1 aliphatic rings. The van der Waals surface area contributed by atoms with Crippen LogP contribution in [0.2, 0.25) is 0 Å². The molecule has 5 heteroatoms. The van der Waals surface area contributed by atoms with Crippen LogP contribution in [0.5, 0.6) is 0 Å². The molecule has 1 aliphatic heterocycles. The molecule has 1 saturated heterocycles. The maximum atomic E-state index is 12.4. The summed E-state index contributed by atoms with van der Waals surface area (Å²) in [5.41, 5.74) is 5.37. The van der Waals surface area contributed by atoms with E-state index in [1.54, 1.807) is 0 Å². The fourth-order valence-corrected chi connectivity index (χ4v) is 1.75. The van der Waals surface area contributed by atoms with Crippen LogP contribution in [0, 0.1) is 5.92 Å². The van der Waals surface area contributed by atoms with Crippen molar-refractivity contribution in [2.45, 2.75) is 25.1 Å². The second-order valence-electron chi connectivity index (χ2n) is 3.66. The van der Waals surface area contributed by atoms with Crippen LogP contribution in [0.25, 0.3) is 0 Å². The van der Waals surface area contributed by atoms with Crippen LogP contribution in [0.15, 0.2) is 0 Å². The van der Waals surface area contributed by atoms with E-state index in [0.29, 0.717) is 13.1 Å². The van der Waals surface area contributed by atoms with Crippen molar-refractivity contribution < 1.29 is 13.2 Å². The maximum Gasteiger partial charge on any atom is 0.404 e. The van der Waals surface area contributed by atoms with E-state index in [1.807, 2.05) is 0 Å². The lowest BCUT2D eigenvalue weighted by Gasteiger charge is -2.37. The molecule has 2 unspecified atom stereocenters. The van der Waals surface area contributed by atoms with Crippen LogP contribution in [0.1, 0.15) is 12.8 Å². The highest BCUT2D eigenvalue weighted by atomic mass is 19.4. The molecule has 2 atom stereocenters. The summed E-state index contributed by atoms with van der Waals surface area (Å²) in [6.45, 7) is 0.854. The molecule has 0 amide bonds. The number of nitrogens with zero attached hydrogens (tertiary/aromatic N) is 1. The minimum Gasteiger partial charge on any atom is -0.330 e. The molecule has 1 fully saturated rings. The number of alkyl halides is 3. The van der Waals surface area contributed by atoms with Crippen molar-refractivity contribution in [3.05, 3.63) is 0 Å². The maximum absolute atomic E-state index is 12.4. The Hall–Kier alpha value is -0.290. The fourth-order valence-electron chi connectivity index (χ4n) is 1.75. The Balaban J connectivity index is 2.60. The first-order chi connectivity index (χ1) is 5.95. The number of hydrogen-bond acceptors (Lipinski definition) is 2. The molecule has 0 aromatic carbocycles. The van der Waals surface area contributed by atoms with Gasteiger partial charge in [0.25, 0.3) is 0 Å². The Bertz CT molecular complexity index is 169. The second-order valence-corrected chi connectivity index (χ2v) is 3.66. The third-order valence-corrected chi connectivity index (χ3v) is 2.69. The van der Waals surface area contributed by atoms with Gasteiger partial charge in [-0.2, -0.15) is 13.2 Å². The monoisotopic (exact) mass is 196 g/mol. The molecule has 0 aromatic heterocycles. The van der Waals surface area contributed by atoms with E-state index in [-0.39, 0.29) is 12.3 Å². The van der Waals surface area contributed by atoms with E-state index in [0.717, 1.165) is 6.42 Å². The topological polar surface area (TPSA) is 29.3 Å². The lowest BCUT2D eigenvalue weighted by Crippen LogP contribution is -2.49. The first-order valence-electron chi connectivity index (χ1n) is 4.42. The smallest absolute Gasteiger partial charge is 0.330 e. The average molecular weight is 196 g/mol. The summed E-state index contributed by atoms with van der Waals surface area (Å²) < 4.78 is 37.3. The Morgan fingerprint density at radius 2 is 2.08 bits per heavy atom. The number of nitrogens with two attached hydrogens (primary N) is 1.